The van der Waals surface area contributed by atoms with Crippen LogP contribution in [0, 0.1) is 0 Å². The van der Waals surface area contributed by atoms with E-state index in [0.29, 0.717) is 11.1 Å². The highest BCUT2D eigenvalue weighted by atomic mass is 17.2. The summed E-state index contributed by atoms with van der Waals surface area (Å²) in [7, 11) is 0. The number of hydrogen-bond donors (Lipinski definition) is 0. The van der Waals surface area contributed by atoms with Gasteiger partial charge in [0.2, 0.25) is 0 Å². The highest BCUT2D eigenvalue weighted by molar-refractivity contribution is 6.16. The minimum atomic E-state index is -0.891. The molecule has 1 aliphatic carbocycles. The molecule has 0 aromatic heterocycles. The van der Waals surface area contributed by atoms with Crippen molar-refractivity contribution in [3.05, 3.63) is 95.1 Å². The molecule has 0 aliphatic heterocycles. The van der Waals surface area contributed by atoms with Gasteiger partial charge in [-0.1, -0.05) is 72.8 Å². The number of hydrogen-bond acceptors (Lipinski definition) is 3. The fourth-order valence-electron chi connectivity index (χ4n) is 3.73. The molecular weight excluding hydrogens is 348 g/mol. The SMILES string of the molecule is CC(C)(C)OOC1(C)c2ccccc2C(=O)c2c(-c3ccccc3)cccc21. The molecule has 0 spiro atoms. The number of carbonyl (C=O) groups is 1. The second-order valence-corrected chi connectivity index (χ2v) is 8.28. The van der Waals surface area contributed by atoms with Crippen molar-refractivity contribution in [2.75, 3.05) is 0 Å². The first-order valence-corrected chi connectivity index (χ1v) is 9.51. The third-order valence-corrected chi connectivity index (χ3v) is 5.03. The van der Waals surface area contributed by atoms with Gasteiger partial charge >= 0.3 is 0 Å². The number of ketones is 1. The van der Waals surface area contributed by atoms with Crippen molar-refractivity contribution in [3.8, 4) is 11.1 Å². The third kappa shape index (κ3) is 3.07. The average molecular weight is 372 g/mol. The van der Waals surface area contributed by atoms with Gasteiger partial charge in [0.25, 0.3) is 0 Å². The van der Waals surface area contributed by atoms with E-state index in [1.165, 1.54) is 0 Å². The quantitative estimate of drug-likeness (QED) is 0.424. The lowest BCUT2D eigenvalue weighted by Crippen LogP contribution is -2.38. The van der Waals surface area contributed by atoms with Gasteiger partial charge in [0.15, 0.2) is 11.4 Å². The molecule has 0 fully saturated rings. The minimum Gasteiger partial charge on any atom is -0.289 e. The third-order valence-electron chi connectivity index (χ3n) is 5.03. The van der Waals surface area contributed by atoms with Crippen LogP contribution in [0.3, 0.4) is 0 Å². The largest absolute Gasteiger partial charge is 0.289 e. The van der Waals surface area contributed by atoms with Gasteiger partial charge in [-0.3, -0.25) is 4.79 Å². The van der Waals surface area contributed by atoms with Crippen molar-refractivity contribution >= 4 is 5.78 Å². The lowest BCUT2D eigenvalue weighted by Gasteiger charge is -2.38. The van der Waals surface area contributed by atoms with E-state index in [0.717, 1.165) is 22.3 Å². The molecule has 1 atom stereocenters. The molecule has 3 aromatic carbocycles. The number of carbonyl (C=O) groups excluding carboxylic acids is 1. The van der Waals surface area contributed by atoms with Crippen LogP contribution in [0.5, 0.6) is 0 Å². The summed E-state index contributed by atoms with van der Waals surface area (Å²) in [4.78, 5) is 25.3. The Kier molecular flexibility index (Phi) is 4.45. The van der Waals surface area contributed by atoms with Gasteiger partial charge in [-0.05, 0) is 38.8 Å². The van der Waals surface area contributed by atoms with E-state index >= 15 is 0 Å². The molecule has 3 heteroatoms. The van der Waals surface area contributed by atoms with Crippen molar-refractivity contribution in [2.45, 2.75) is 38.9 Å². The predicted molar refractivity (Wildman–Crippen MR) is 110 cm³/mol. The molecule has 0 bridgehead atoms. The molecule has 1 unspecified atom stereocenters. The molecule has 0 radical (unpaired) electrons. The van der Waals surface area contributed by atoms with Gasteiger partial charge in [0, 0.05) is 22.3 Å². The monoisotopic (exact) mass is 372 g/mol. The summed E-state index contributed by atoms with van der Waals surface area (Å²) in [6.45, 7) is 7.80. The van der Waals surface area contributed by atoms with E-state index in [-0.39, 0.29) is 5.78 Å². The molecule has 1 aliphatic rings. The Morgan fingerprint density at radius 2 is 1.36 bits per heavy atom. The zero-order valence-electron chi connectivity index (χ0n) is 16.7. The van der Waals surface area contributed by atoms with E-state index in [1.807, 2.05) is 100 Å². The maximum atomic E-state index is 13.5. The summed E-state index contributed by atoms with van der Waals surface area (Å²) >= 11 is 0. The zero-order valence-corrected chi connectivity index (χ0v) is 16.7. The fraction of sp³-hybridized carbons (Fsp3) is 0.240. The maximum Gasteiger partial charge on any atom is 0.194 e. The maximum absolute atomic E-state index is 13.5. The van der Waals surface area contributed by atoms with Crippen molar-refractivity contribution in [1.29, 1.82) is 0 Å². The lowest BCUT2D eigenvalue weighted by atomic mass is 9.73. The first-order valence-electron chi connectivity index (χ1n) is 9.51. The van der Waals surface area contributed by atoms with Crippen LogP contribution in [0.25, 0.3) is 11.1 Å². The number of benzene rings is 3. The van der Waals surface area contributed by atoms with E-state index in [1.54, 1.807) is 0 Å². The summed E-state index contributed by atoms with van der Waals surface area (Å²) < 4.78 is 0. The van der Waals surface area contributed by atoms with Crippen molar-refractivity contribution in [1.82, 2.24) is 0 Å². The Balaban J connectivity index is 1.96. The molecule has 0 amide bonds. The first-order chi connectivity index (χ1) is 13.3. The van der Waals surface area contributed by atoms with Crippen LogP contribution in [0.2, 0.25) is 0 Å². The van der Waals surface area contributed by atoms with Gasteiger partial charge < -0.3 is 0 Å². The summed E-state index contributed by atoms with van der Waals surface area (Å²) in [5.74, 6) is 0.0156. The van der Waals surface area contributed by atoms with E-state index in [2.05, 4.69) is 0 Å². The van der Waals surface area contributed by atoms with Crippen LogP contribution in [-0.2, 0) is 15.4 Å². The van der Waals surface area contributed by atoms with Gasteiger partial charge in [0.05, 0.1) is 5.60 Å². The highest BCUT2D eigenvalue weighted by Gasteiger charge is 2.44. The molecule has 3 aromatic rings. The van der Waals surface area contributed by atoms with E-state index < -0.39 is 11.2 Å². The molecule has 0 heterocycles. The van der Waals surface area contributed by atoms with Gasteiger partial charge in [-0.25, -0.2) is 9.78 Å². The zero-order chi connectivity index (χ0) is 19.9. The van der Waals surface area contributed by atoms with Gasteiger partial charge in [0.1, 0.15) is 0 Å². The van der Waals surface area contributed by atoms with Crippen LogP contribution in [0.4, 0.5) is 0 Å². The second-order valence-electron chi connectivity index (χ2n) is 8.28. The fourth-order valence-corrected chi connectivity index (χ4v) is 3.73. The minimum absolute atomic E-state index is 0.0156. The van der Waals surface area contributed by atoms with Crippen LogP contribution >= 0.6 is 0 Å². The lowest BCUT2D eigenvalue weighted by molar-refractivity contribution is -0.396. The molecule has 0 saturated heterocycles. The van der Waals surface area contributed by atoms with Crippen LogP contribution in [-0.4, -0.2) is 11.4 Å². The topological polar surface area (TPSA) is 35.5 Å². The van der Waals surface area contributed by atoms with Crippen molar-refractivity contribution in [3.63, 3.8) is 0 Å². The number of fused-ring (bicyclic) bond motifs is 2. The van der Waals surface area contributed by atoms with Crippen molar-refractivity contribution in [2.24, 2.45) is 0 Å². The molecule has 142 valence electrons. The standard InChI is InChI=1S/C25H24O3/c1-24(2,3)27-28-25(4)20-15-9-8-13-19(20)23(26)22-18(14-10-16-21(22)25)17-11-6-5-7-12-17/h5-16H,1-4H3. The summed E-state index contributed by atoms with van der Waals surface area (Å²) in [5, 5.41) is 0. The Bertz CT molecular complexity index is 1030. The summed E-state index contributed by atoms with van der Waals surface area (Å²) in [6.07, 6.45) is 0. The van der Waals surface area contributed by atoms with Crippen molar-refractivity contribution < 1.29 is 14.6 Å². The van der Waals surface area contributed by atoms with E-state index in [4.69, 9.17) is 9.78 Å². The Morgan fingerprint density at radius 1 is 0.750 bits per heavy atom. The normalized spacial score (nSPS) is 18.5. The van der Waals surface area contributed by atoms with Crippen LogP contribution < -0.4 is 0 Å². The smallest absolute Gasteiger partial charge is 0.194 e. The highest BCUT2D eigenvalue weighted by Crippen LogP contribution is 2.45. The Labute approximate surface area is 165 Å². The molecule has 28 heavy (non-hydrogen) atoms. The van der Waals surface area contributed by atoms with Gasteiger partial charge in [-0.2, -0.15) is 0 Å². The van der Waals surface area contributed by atoms with Gasteiger partial charge in [-0.15, -0.1) is 0 Å². The summed E-state index contributed by atoms with van der Waals surface area (Å²) in [6, 6.07) is 23.5. The predicted octanol–water partition coefficient (Wildman–Crippen LogP) is 5.91. The first kappa shape index (κ1) is 18.6. The average Bonchev–Trinajstić information content (AvgIpc) is 2.70. The van der Waals surface area contributed by atoms with Crippen LogP contribution in [0.15, 0.2) is 72.8 Å². The van der Waals surface area contributed by atoms with Crippen LogP contribution in [0.1, 0.15) is 54.7 Å². The molecule has 0 saturated carbocycles. The second kappa shape index (κ2) is 6.69. The summed E-state index contributed by atoms with van der Waals surface area (Å²) in [5.41, 5.74) is 3.51. The number of rotatable bonds is 3. The van der Waals surface area contributed by atoms with E-state index in [9.17, 15) is 4.79 Å². The molecular formula is C25H24O3. The molecule has 3 nitrogen and oxygen atoms in total. The molecule has 0 N–H and O–H groups in total. The Morgan fingerprint density at radius 3 is 2.07 bits per heavy atom. The molecule has 4 rings (SSSR count). The Hall–Kier alpha value is -2.75.